The van der Waals surface area contributed by atoms with Gasteiger partial charge in [-0.15, -0.1) is 0 Å². The van der Waals surface area contributed by atoms with Crippen LogP contribution in [0, 0.1) is 11.8 Å². The Bertz CT molecular complexity index is 423. The summed E-state index contributed by atoms with van der Waals surface area (Å²) < 4.78 is 10.3. The van der Waals surface area contributed by atoms with Gasteiger partial charge in [-0.25, -0.2) is 4.79 Å². The lowest BCUT2D eigenvalue weighted by Crippen LogP contribution is -2.51. The molecule has 7 heteroatoms. The van der Waals surface area contributed by atoms with Crippen molar-refractivity contribution < 1.29 is 23.9 Å². The van der Waals surface area contributed by atoms with Crippen LogP contribution in [0.1, 0.15) is 6.92 Å². The fourth-order valence-electron chi connectivity index (χ4n) is 2.76. The van der Waals surface area contributed by atoms with Gasteiger partial charge in [0.1, 0.15) is 0 Å². The van der Waals surface area contributed by atoms with E-state index in [4.69, 9.17) is 9.47 Å². The molecule has 7 nitrogen and oxygen atoms in total. The lowest BCUT2D eigenvalue weighted by molar-refractivity contribution is -0.147. The Morgan fingerprint density at radius 1 is 1.71 bits per heavy atom. The van der Waals surface area contributed by atoms with Crippen molar-refractivity contribution in [2.75, 3.05) is 13.2 Å². The van der Waals surface area contributed by atoms with Gasteiger partial charge in [0.15, 0.2) is 5.54 Å². The lowest BCUT2D eigenvalue weighted by Gasteiger charge is -2.21. The smallest absolute Gasteiger partial charge is 0.322 e. The van der Waals surface area contributed by atoms with E-state index in [-0.39, 0.29) is 24.6 Å². The van der Waals surface area contributed by atoms with E-state index in [9.17, 15) is 14.4 Å². The van der Waals surface area contributed by atoms with Crippen molar-refractivity contribution in [3.05, 3.63) is 0 Å². The second-order valence-electron chi connectivity index (χ2n) is 4.46. The molecule has 92 valence electrons. The molecular weight excluding hydrogens is 230 g/mol. The van der Waals surface area contributed by atoms with E-state index in [1.165, 1.54) is 0 Å². The first-order valence-electron chi connectivity index (χ1n) is 5.52. The Balaban J connectivity index is 1.80. The number of hydrogen-bond donors (Lipinski definition) is 2. The van der Waals surface area contributed by atoms with Crippen molar-refractivity contribution in [1.82, 2.24) is 10.6 Å². The summed E-state index contributed by atoms with van der Waals surface area (Å²) in [7, 11) is 0. The van der Waals surface area contributed by atoms with E-state index in [0.29, 0.717) is 6.61 Å². The van der Waals surface area contributed by atoms with Gasteiger partial charge >= 0.3 is 12.0 Å². The summed E-state index contributed by atoms with van der Waals surface area (Å²) in [5, 5.41) is 4.74. The molecule has 0 unspecified atom stereocenters. The van der Waals surface area contributed by atoms with Crippen molar-refractivity contribution in [3.63, 3.8) is 0 Å². The molecule has 0 aromatic carbocycles. The number of imide groups is 1. The minimum Gasteiger partial charge on any atom is -0.466 e. The second kappa shape index (κ2) is 3.19. The number of rotatable bonds is 2. The van der Waals surface area contributed by atoms with Crippen LogP contribution in [0.3, 0.4) is 0 Å². The predicted molar refractivity (Wildman–Crippen MR) is 52.8 cm³/mol. The minimum atomic E-state index is -1.07. The molecule has 1 aliphatic carbocycles. The van der Waals surface area contributed by atoms with Crippen LogP contribution in [0.25, 0.3) is 0 Å². The van der Waals surface area contributed by atoms with Crippen LogP contribution in [0.2, 0.25) is 0 Å². The molecule has 2 aliphatic heterocycles. The highest BCUT2D eigenvalue weighted by Gasteiger charge is 2.75. The van der Waals surface area contributed by atoms with Crippen molar-refractivity contribution in [2.24, 2.45) is 11.8 Å². The van der Waals surface area contributed by atoms with Gasteiger partial charge in [-0.1, -0.05) is 0 Å². The zero-order valence-electron chi connectivity index (χ0n) is 9.19. The molecule has 2 heterocycles. The Kier molecular flexibility index (Phi) is 1.97. The molecule has 0 aromatic heterocycles. The number of esters is 1. The molecule has 0 bridgehead atoms. The van der Waals surface area contributed by atoms with E-state index in [2.05, 4.69) is 10.6 Å². The van der Waals surface area contributed by atoms with Crippen LogP contribution in [-0.2, 0) is 19.1 Å². The highest BCUT2D eigenvalue weighted by Crippen LogP contribution is 2.55. The maximum atomic E-state index is 11.7. The zero-order chi connectivity index (χ0) is 12.2. The van der Waals surface area contributed by atoms with E-state index in [1.54, 1.807) is 6.92 Å². The van der Waals surface area contributed by atoms with Crippen LogP contribution >= 0.6 is 0 Å². The number of carbonyl (C=O) groups is 3. The third-order valence-electron chi connectivity index (χ3n) is 3.55. The van der Waals surface area contributed by atoms with Gasteiger partial charge in [0.05, 0.1) is 25.2 Å². The molecule has 3 aliphatic rings. The molecule has 3 amide bonds. The molecule has 17 heavy (non-hydrogen) atoms. The number of nitrogens with one attached hydrogen (secondary N) is 2. The summed E-state index contributed by atoms with van der Waals surface area (Å²) >= 11 is 0. The average molecular weight is 242 g/mol. The number of amides is 3. The van der Waals surface area contributed by atoms with Crippen molar-refractivity contribution in [3.8, 4) is 0 Å². The van der Waals surface area contributed by atoms with Crippen molar-refractivity contribution >= 4 is 17.9 Å². The van der Waals surface area contributed by atoms with Gasteiger partial charge in [-0.05, 0) is 6.92 Å². The fourth-order valence-corrected chi connectivity index (χ4v) is 2.76. The molecule has 0 radical (unpaired) electrons. The maximum Gasteiger partial charge on any atom is 0.322 e. The third-order valence-corrected chi connectivity index (χ3v) is 3.55. The third kappa shape index (κ3) is 1.22. The standard InChI is InChI=1S/C10H12N2O5/c1-2-16-7(13)4-5-6(4)17-3-10(5)8(14)11-9(15)12-10/h4-6H,2-3H2,1H3,(H2,11,12,14,15)/t4-,5-,6+,10+/m1/s1/i8+2. The SMILES string of the molecule is CCOC(=O)[C@H]1[C@@H]2OC[C@]3(NC(=O)N[14C]3=O)[C@@H]21. The summed E-state index contributed by atoms with van der Waals surface area (Å²) in [6, 6.07) is -0.534. The van der Waals surface area contributed by atoms with Crippen LogP contribution in [0.4, 0.5) is 4.79 Å². The van der Waals surface area contributed by atoms with Crippen LogP contribution in [0.15, 0.2) is 0 Å². The van der Waals surface area contributed by atoms with Crippen molar-refractivity contribution in [2.45, 2.75) is 18.6 Å². The molecular formula is C10H12N2O5. The first kappa shape index (κ1) is 10.5. The van der Waals surface area contributed by atoms with Gasteiger partial charge in [0.2, 0.25) is 0 Å². The van der Waals surface area contributed by atoms with Crippen LogP contribution < -0.4 is 10.6 Å². The van der Waals surface area contributed by atoms with Gasteiger partial charge in [-0.2, -0.15) is 0 Å². The summed E-state index contributed by atoms with van der Waals surface area (Å²) in [5.41, 5.74) is -1.07. The molecule has 2 saturated heterocycles. The lowest BCUT2D eigenvalue weighted by atomic mass is 10.1. The quantitative estimate of drug-likeness (QED) is 0.467. The number of ether oxygens (including phenoxy) is 2. The first-order chi connectivity index (χ1) is 8.10. The second-order valence-corrected chi connectivity index (χ2v) is 4.46. The van der Waals surface area contributed by atoms with Gasteiger partial charge in [0, 0.05) is 5.92 Å². The average Bonchev–Trinajstić information content (AvgIpc) is 2.79. The molecule has 3 fully saturated rings. The highest BCUT2D eigenvalue weighted by atomic mass is 16.5. The number of urea groups is 1. The highest BCUT2D eigenvalue weighted by molar-refractivity contribution is 6.08. The molecule has 1 spiro atoms. The van der Waals surface area contributed by atoms with Gasteiger partial charge < -0.3 is 14.8 Å². The van der Waals surface area contributed by atoms with Crippen LogP contribution in [0.5, 0.6) is 0 Å². The monoisotopic (exact) mass is 242 g/mol. The topological polar surface area (TPSA) is 93.7 Å². The Morgan fingerprint density at radius 3 is 3.06 bits per heavy atom. The number of carbonyl (C=O) groups excluding carboxylic acids is 3. The van der Waals surface area contributed by atoms with E-state index < -0.39 is 23.4 Å². The van der Waals surface area contributed by atoms with E-state index in [1.807, 2.05) is 0 Å². The zero-order valence-corrected chi connectivity index (χ0v) is 9.19. The van der Waals surface area contributed by atoms with Crippen molar-refractivity contribution in [1.29, 1.82) is 0 Å². The van der Waals surface area contributed by atoms with Gasteiger partial charge in [-0.3, -0.25) is 14.9 Å². The molecule has 1 saturated carbocycles. The Morgan fingerprint density at radius 2 is 2.47 bits per heavy atom. The summed E-state index contributed by atoms with van der Waals surface area (Å²) in [4.78, 5) is 34.5. The fraction of sp³-hybridized carbons (Fsp3) is 0.700. The Hall–Kier alpha value is -1.63. The number of fused-ring (bicyclic) bond motifs is 2. The summed E-state index contributed by atoms with van der Waals surface area (Å²) in [6.07, 6.45) is -0.307. The largest absolute Gasteiger partial charge is 0.466 e. The minimum absolute atomic E-state index is 0.121. The Labute approximate surface area is 96.8 Å². The number of hydrogen-bond acceptors (Lipinski definition) is 5. The summed E-state index contributed by atoms with van der Waals surface area (Å²) in [6.45, 7) is 2.13. The first-order valence-corrected chi connectivity index (χ1v) is 5.52. The summed E-state index contributed by atoms with van der Waals surface area (Å²) in [5.74, 6) is -1.52. The maximum absolute atomic E-state index is 11.7. The van der Waals surface area contributed by atoms with Crippen LogP contribution in [-0.4, -0.2) is 42.8 Å². The van der Waals surface area contributed by atoms with Gasteiger partial charge in [0.25, 0.3) is 5.91 Å². The normalized spacial score (nSPS) is 42.1. The molecule has 3 rings (SSSR count). The molecule has 4 atom stereocenters. The van der Waals surface area contributed by atoms with E-state index >= 15 is 0 Å². The molecule has 2 N–H and O–H groups in total. The predicted octanol–water partition coefficient (Wildman–Crippen LogP) is -1.23. The van der Waals surface area contributed by atoms with E-state index in [0.717, 1.165) is 0 Å². The molecule has 0 aromatic rings.